The van der Waals surface area contributed by atoms with Crippen molar-refractivity contribution in [1.29, 1.82) is 0 Å². The maximum absolute atomic E-state index is 12.7. The molecule has 0 saturated carbocycles. The first-order valence-corrected chi connectivity index (χ1v) is 10.3. The number of carbonyl (C=O) groups excluding carboxylic acids is 1. The van der Waals surface area contributed by atoms with Gasteiger partial charge in [0.1, 0.15) is 0 Å². The molecule has 26 heavy (non-hydrogen) atoms. The number of amides is 1. The van der Waals surface area contributed by atoms with Gasteiger partial charge in [0.05, 0.1) is 21.5 Å². The molecule has 0 saturated heterocycles. The van der Waals surface area contributed by atoms with Gasteiger partial charge in [0.25, 0.3) is 5.91 Å². The van der Waals surface area contributed by atoms with Crippen molar-refractivity contribution in [2.75, 3.05) is 13.1 Å². The zero-order valence-electron chi connectivity index (χ0n) is 15.1. The molecule has 0 aliphatic heterocycles. The summed E-state index contributed by atoms with van der Waals surface area (Å²) in [4.78, 5) is 12.7. The van der Waals surface area contributed by atoms with Crippen LogP contribution in [0.25, 0.3) is 0 Å². The number of halogens is 1. The Morgan fingerprint density at radius 3 is 2.31 bits per heavy atom. The molecule has 0 heterocycles. The maximum atomic E-state index is 12.7. The molecule has 2 rings (SSSR count). The van der Waals surface area contributed by atoms with Gasteiger partial charge in [-0.1, -0.05) is 55.8 Å². The molecule has 1 amide bonds. The molecular formula is C19H23ClN2O3S. The van der Waals surface area contributed by atoms with Gasteiger partial charge in [-0.05, 0) is 30.7 Å². The third kappa shape index (κ3) is 4.44. The third-order valence-electron chi connectivity index (χ3n) is 4.17. The molecule has 0 aliphatic rings. The summed E-state index contributed by atoms with van der Waals surface area (Å²) in [6.07, 6.45) is 0. The number of benzene rings is 2. The quantitative estimate of drug-likeness (QED) is 0.775. The predicted molar refractivity (Wildman–Crippen MR) is 104 cm³/mol. The lowest BCUT2D eigenvalue weighted by atomic mass is 10.1. The fraction of sp³-hybridized carbons (Fsp3) is 0.316. The molecule has 7 heteroatoms. The van der Waals surface area contributed by atoms with Crippen molar-refractivity contribution in [3.63, 3.8) is 0 Å². The van der Waals surface area contributed by atoms with Crippen LogP contribution in [0.5, 0.6) is 0 Å². The summed E-state index contributed by atoms with van der Waals surface area (Å²) in [7, 11) is -3.66. The SMILES string of the molecule is CCN(CC)S(=O)(=O)c1ccc(Cl)c(C(=O)NC(C)c2ccccc2)c1. The first-order valence-electron chi connectivity index (χ1n) is 8.46. The lowest BCUT2D eigenvalue weighted by molar-refractivity contribution is 0.0940. The molecular weight excluding hydrogens is 372 g/mol. The van der Waals surface area contributed by atoms with Gasteiger partial charge in [0.2, 0.25) is 10.0 Å². The predicted octanol–water partition coefficient (Wildman–Crippen LogP) is 3.86. The number of hydrogen-bond donors (Lipinski definition) is 1. The molecule has 1 atom stereocenters. The monoisotopic (exact) mass is 394 g/mol. The van der Waals surface area contributed by atoms with Crippen LogP contribution in [0.1, 0.15) is 42.7 Å². The fourth-order valence-corrected chi connectivity index (χ4v) is 4.34. The van der Waals surface area contributed by atoms with E-state index in [1.54, 1.807) is 13.8 Å². The van der Waals surface area contributed by atoms with Crippen LogP contribution < -0.4 is 5.32 Å². The summed E-state index contributed by atoms with van der Waals surface area (Å²) in [5.41, 5.74) is 1.09. The Labute approximate surface area is 160 Å². The summed E-state index contributed by atoms with van der Waals surface area (Å²) >= 11 is 6.15. The minimum Gasteiger partial charge on any atom is -0.345 e. The van der Waals surface area contributed by atoms with Crippen molar-refractivity contribution in [2.24, 2.45) is 0 Å². The van der Waals surface area contributed by atoms with E-state index in [1.165, 1.54) is 22.5 Å². The van der Waals surface area contributed by atoms with Gasteiger partial charge in [-0.3, -0.25) is 4.79 Å². The summed E-state index contributed by atoms with van der Waals surface area (Å²) in [6.45, 7) is 6.11. The molecule has 0 aromatic heterocycles. The van der Waals surface area contributed by atoms with Crippen LogP contribution in [-0.2, 0) is 10.0 Å². The van der Waals surface area contributed by atoms with Gasteiger partial charge in [0.15, 0.2) is 0 Å². The maximum Gasteiger partial charge on any atom is 0.253 e. The van der Waals surface area contributed by atoms with Crippen molar-refractivity contribution < 1.29 is 13.2 Å². The van der Waals surface area contributed by atoms with Gasteiger partial charge >= 0.3 is 0 Å². The fourth-order valence-electron chi connectivity index (χ4n) is 2.65. The Morgan fingerprint density at radius 1 is 1.12 bits per heavy atom. The average Bonchev–Trinajstić information content (AvgIpc) is 2.63. The number of rotatable bonds is 7. The van der Waals surface area contributed by atoms with Gasteiger partial charge in [-0.2, -0.15) is 4.31 Å². The average molecular weight is 395 g/mol. The number of nitrogens with one attached hydrogen (secondary N) is 1. The molecule has 2 aromatic carbocycles. The Kier molecular flexibility index (Phi) is 6.81. The van der Waals surface area contributed by atoms with Crippen LogP contribution in [-0.4, -0.2) is 31.7 Å². The van der Waals surface area contributed by atoms with E-state index in [0.29, 0.717) is 13.1 Å². The van der Waals surface area contributed by atoms with Crippen LogP contribution in [0.15, 0.2) is 53.4 Å². The second kappa shape index (κ2) is 8.66. The van der Waals surface area contributed by atoms with Gasteiger partial charge in [-0.15, -0.1) is 0 Å². The summed E-state index contributed by atoms with van der Waals surface area (Å²) in [6, 6.07) is 13.5. The van der Waals surface area contributed by atoms with E-state index in [4.69, 9.17) is 11.6 Å². The minimum absolute atomic E-state index is 0.0584. The highest BCUT2D eigenvalue weighted by Crippen LogP contribution is 2.24. The van der Waals surface area contributed by atoms with Crippen molar-refractivity contribution >= 4 is 27.5 Å². The van der Waals surface area contributed by atoms with Crippen molar-refractivity contribution in [2.45, 2.75) is 31.7 Å². The van der Waals surface area contributed by atoms with Gasteiger partial charge < -0.3 is 5.32 Å². The minimum atomic E-state index is -3.66. The van der Waals surface area contributed by atoms with Crippen molar-refractivity contribution in [3.8, 4) is 0 Å². The molecule has 0 fully saturated rings. The molecule has 0 bridgehead atoms. The van der Waals surface area contributed by atoms with E-state index in [2.05, 4.69) is 5.32 Å². The Bertz CT molecular complexity index is 866. The lowest BCUT2D eigenvalue weighted by Crippen LogP contribution is -2.31. The first-order chi connectivity index (χ1) is 12.3. The van der Waals surface area contributed by atoms with Crippen LogP contribution in [0, 0.1) is 0 Å². The second-order valence-corrected chi connectivity index (χ2v) is 8.18. The smallest absolute Gasteiger partial charge is 0.253 e. The van der Waals surface area contributed by atoms with E-state index >= 15 is 0 Å². The standard InChI is InChI=1S/C19H23ClN2O3S/c1-4-22(5-2)26(24,25)16-11-12-18(20)17(13-16)19(23)21-14(3)15-9-7-6-8-10-15/h6-14H,4-5H2,1-3H3,(H,21,23). The summed E-state index contributed by atoms with van der Waals surface area (Å²) in [5, 5.41) is 3.07. The third-order valence-corrected chi connectivity index (χ3v) is 6.55. The largest absolute Gasteiger partial charge is 0.345 e. The zero-order chi connectivity index (χ0) is 19.3. The van der Waals surface area contributed by atoms with Gasteiger partial charge in [-0.25, -0.2) is 8.42 Å². The number of carbonyl (C=O) groups is 1. The van der Waals surface area contributed by atoms with Crippen LogP contribution >= 0.6 is 11.6 Å². The molecule has 0 aliphatic carbocycles. The Balaban J connectivity index is 2.31. The molecule has 5 nitrogen and oxygen atoms in total. The van der Waals surface area contributed by atoms with Crippen LogP contribution in [0.2, 0.25) is 5.02 Å². The topological polar surface area (TPSA) is 66.5 Å². The lowest BCUT2D eigenvalue weighted by Gasteiger charge is -2.19. The van der Waals surface area contributed by atoms with Crippen LogP contribution in [0.3, 0.4) is 0 Å². The molecule has 1 N–H and O–H groups in total. The van der Waals surface area contributed by atoms with Crippen molar-refractivity contribution in [3.05, 3.63) is 64.7 Å². The van der Waals surface area contributed by atoms with E-state index in [1.807, 2.05) is 37.3 Å². The summed E-state index contributed by atoms with van der Waals surface area (Å²) in [5.74, 6) is -0.414. The molecule has 2 aromatic rings. The summed E-state index contributed by atoms with van der Waals surface area (Å²) < 4.78 is 26.7. The normalized spacial score (nSPS) is 12.8. The van der Waals surface area contributed by atoms with Crippen LogP contribution in [0.4, 0.5) is 0 Å². The van der Waals surface area contributed by atoms with Crippen molar-refractivity contribution in [1.82, 2.24) is 9.62 Å². The van der Waals surface area contributed by atoms with E-state index < -0.39 is 15.9 Å². The molecule has 140 valence electrons. The molecule has 1 unspecified atom stereocenters. The first kappa shape index (κ1) is 20.4. The second-order valence-electron chi connectivity index (χ2n) is 5.84. The Morgan fingerprint density at radius 2 is 1.73 bits per heavy atom. The highest BCUT2D eigenvalue weighted by Gasteiger charge is 2.24. The van der Waals surface area contributed by atoms with E-state index in [-0.39, 0.29) is 21.5 Å². The number of nitrogens with zero attached hydrogens (tertiary/aromatic N) is 1. The highest BCUT2D eigenvalue weighted by atomic mass is 35.5. The van der Waals surface area contributed by atoms with Gasteiger partial charge in [0, 0.05) is 13.1 Å². The van der Waals surface area contributed by atoms with E-state index in [0.717, 1.165) is 5.56 Å². The molecule has 0 spiro atoms. The van der Waals surface area contributed by atoms with E-state index in [9.17, 15) is 13.2 Å². The zero-order valence-corrected chi connectivity index (χ0v) is 16.6. The number of sulfonamides is 1. The Hall–Kier alpha value is -1.89. The number of hydrogen-bond acceptors (Lipinski definition) is 3. The highest BCUT2D eigenvalue weighted by molar-refractivity contribution is 7.89. The molecule has 0 radical (unpaired) electrons.